The molecule has 100 valence electrons. The molecule has 0 aliphatic carbocycles. The van der Waals surface area contributed by atoms with Crippen LogP contribution in [0.4, 0.5) is 0 Å². The van der Waals surface area contributed by atoms with Crippen LogP contribution in [-0.2, 0) is 11.3 Å². The topological polar surface area (TPSA) is 64.3 Å². The number of benzene rings is 1. The van der Waals surface area contributed by atoms with Crippen LogP contribution in [0.3, 0.4) is 0 Å². The third kappa shape index (κ3) is 5.29. The lowest BCUT2D eigenvalue weighted by molar-refractivity contribution is 0.0941. The summed E-state index contributed by atoms with van der Waals surface area (Å²) in [5.74, 6) is -0.0472. The molecule has 3 N–H and O–H groups in total. The molecule has 0 aromatic heterocycles. The molecule has 0 bridgehead atoms. The molecule has 0 spiro atoms. The normalized spacial score (nSPS) is 10.3. The number of hydrogen-bond acceptors (Lipinski definition) is 3. The van der Waals surface area contributed by atoms with Crippen molar-refractivity contribution < 1.29 is 9.53 Å². The van der Waals surface area contributed by atoms with E-state index in [9.17, 15) is 4.79 Å². The molecule has 0 atom stereocenters. The third-order valence-electron chi connectivity index (χ3n) is 2.55. The first-order chi connectivity index (χ1) is 8.77. The summed E-state index contributed by atoms with van der Waals surface area (Å²) in [6, 6.07) is 7.34. The van der Waals surface area contributed by atoms with E-state index in [4.69, 9.17) is 10.5 Å². The molecule has 1 rings (SSSR count). The minimum Gasteiger partial charge on any atom is -0.381 e. The summed E-state index contributed by atoms with van der Waals surface area (Å²) in [7, 11) is 0. The van der Waals surface area contributed by atoms with Crippen LogP contribution in [0.1, 0.15) is 35.7 Å². The molecule has 0 saturated carbocycles. The van der Waals surface area contributed by atoms with Crippen LogP contribution in [0.15, 0.2) is 24.3 Å². The Hall–Kier alpha value is -1.39. The molecule has 1 amide bonds. The standard InChI is InChI=1S/C14H22N2O2/c1-2-9-18-10-3-8-16-14(17)13-6-4-12(11-15)5-7-13/h4-7H,2-3,8-11,15H2,1H3,(H,16,17). The van der Waals surface area contributed by atoms with Gasteiger partial charge in [-0.25, -0.2) is 0 Å². The van der Waals surface area contributed by atoms with E-state index in [0.29, 0.717) is 25.3 Å². The first kappa shape index (κ1) is 14.7. The SMILES string of the molecule is CCCOCCCNC(=O)c1ccc(CN)cc1. The fourth-order valence-electron chi connectivity index (χ4n) is 1.52. The van der Waals surface area contributed by atoms with Gasteiger partial charge >= 0.3 is 0 Å². The first-order valence-corrected chi connectivity index (χ1v) is 6.43. The van der Waals surface area contributed by atoms with E-state index in [1.54, 1.807) is 12.1 Å². The maximum absolute atomic E-state index is 11.7. The van der Waals surface area contributed by atoms with Gasteiger partial charge in [-0.15, -0.1) is 0 Å². The Kier molecular flexibility index (Phi) is 7.06. The Bertz CT molecular complexity index is 349. The average molecular weight is 250 g/mol. The van der Waals surface area contributed by atoms with E-state index in [1.807, 2.05) is 12.1 Å². The molecule has 0 aliphatic heterocycles. The van der Waals surface area contributed by atoms with E-state index >= 15 is 0 Å². The molecule has 4 heteroatoms. The molecule has 0 radical (unpaired) electrons. The van der Waals surface area contributed by atoms with Crippen LogP contribution in [0.2, 0.25) is 0 Å². The van der Waals surface area contributed by atoms with E-state index in [1.165, 1.54) is 0 Å². The Morgan fingerprint density at radius 1 is 1.28 bits per heavy atom. The van der Waals surface area contributed by atoms with Crippen LogP contribution in [0.5, 0.6) is 0 Å². The maximum Gasteiger partial charge on any atom is 0.251 e. The maximum atomic E-state index is 11.7. The van der Waals surface area contributed by atoms with E-state index in [2.05, 4.69) is 12.2 Å². The highest BCUT2D eigenvalue weighted by atomic mass is 16.5. The minimum atomic E-state index is -0.0472. The van der Waals surface area contributed by atoms with Crippen LogP contribution in [-0.4, -0.2) is 25.7 Å². The molecule has 0 saturated heterocycles. The second-order valence-corrected chi connectivity index (χ2v) is 4.12. The Morgan fingerprint density at radius 2 is 2.00 bits per heavy atom. The lowest BCUT2D eigenvalue weighted by Crippen LogP contribution is -2.25. The number of hydrogen-bond donors (Lipinski definition) is 2. The van der Waals surface area contributed by atoms with Gasteiger partial charge in [0.25, 0.3) is 5.91 Å². The van der Waals surface area contributed by atoms with Crippen molar-refractivity contribution in [2.24, 2.45) is 5.73 Å². The summed E-state index contributed by atoms with van der Waals surface area (Å²) >= 11 is 0. The van der Waals surface area contributed by atoms with Crippen LogP contribution in [0, 0.1) is 0 Å². The van der Waals surface area contributed by atoms with Crippen molar-refractivity contribution >= 4 is 5.91 Å². The number of rotatable bonds is 8. The van der Waals surface area contributed by atoms with Crippen LogP contribution >= 0.6 is 0 Å². The monoisotopic (exact) mass is 250 g/mol. The molecule has 1 aromatic carbocycles. The summed E-state index contributed by atoms with van der Waals surface area (Å²) in [6.45, 7) is 4.69. The van der Waals surface area contributed by atoms with Gasteiger partial charge < -0.3 is 15.8 Å². The van der Waals surface area contributed by atoms with E-state index in [0.717, 1.165) is 25.0 Å². The number of nitrogens with two attached hydrogens (primary N) is 1. The molecule has 18 heavy (non-hydrogen) atoms. The predicted octanol–water partition coefficient (Wildman–Crippen LogP) is 1.69. The van der Waals surface area contributed by atoms with Gasteiger partial charge in [-0.2, -0.15) is 0 Å². The van der Waals surface area contributed by atoms with Crippen LogP contribution < -0.4 is 11.1 Å². The lowest BCUT2D eigenvalue weighted by Gasteiger charge is -2.06. The highest BCUT2D eigenvalue weighted by molar-refractivity contribution is 5.94. The van der Waals surface area contributed by atoms with Gasteiger partial charge in [-0.3, -0.25) is 4.79 Å². The van der Waals surface area contributed by atoms with Crippen molar-refractivity contribution in [2.45, 2.75) is 26.3 Å². The van der Waals surface area contributed by atoms with Gasteiger partial charge in [0.15, 0.2) is 0 Å². The Labute approximate surface area is 109 Å². The van der Waals surface area contributed by atoms with Gasteiger partial charge in [-0.1, -0.05) is 19.1 Å². The van der Waals surface area contributed by atoms with E-state index in [-0.39, 0.29) is 5.91 Å². The van der Waals surface area contributed by atoms with Gasteiger partial charge in [0.05, 0.1) is 0 Å². The van der Waals surface area contributed by atoms with Crippen molar-refractivity contribution in [3.63, 3.8) is 0 Å². The van der Waals surface area contributed by atoms with Gasteiger partial charge in [0.2, 0.25) is 0 Å². The van der Waals surface area contributed by atoms with Crippen molar-refractivity contribution in [1.82, 2.24) is 5.32 Å². The fraction of sp³-hybridized carbons (Fsp3) is 0.500. The molecule has 4 nitrogen and oxygen atoms in total. The third-order valence-corrected chi connectivity index (χ3v) is 2.55. The zero-order chi connectivity index (χ0) is 13.2. The van der Waals surface area contributed by atoms with Gasteiger partial charge in [0, 0.05) is 31.9 Å². The highest BCUT2D eigenvalue weighted by Gasteiger charge is 2.03. The predicted molar refractivity (Wildman–Crippen MR) is 72.4 cm³/mol. The molecule has 1 aromatic rings. The minimum absolute atomic E-state index is 0.0472. The van der Waals surface area contributed by atoms with Crippen molar-refractivity contribution in [3.05, 3.63) is 35.4 Å². The van der Waals surface area contributed by atoms with Crippen molar-refractivity contribution in [2.75, 3.05) is 19.8 Å². The quantitative estimate of drug-likeness (QED) is 0.690. The second kappa shape index (κ2) is 8.66. The summed E-state index contributed by atoms with van der Waals surface area (Å²) in [4.78, 5) is 11.7. The zero-order valence-electron chi connectivity index (χ0n) is 10.9. The summed E-state index contributed by atoms with van der Waals surface area (Å²) in [5, 5.41) is 2.86. The number of nitrogens with one attached hydrogen (secondary N) is 1. The summed E-state index contributed by atoms with van der Waals surface area (Å²) in [6.07, 6.45) is 1.87. The summed E-state index contributed by atoms with van der Waals surface area (Å²) in [5.41, 5.74) is 7.20. The van der Waals surface area contributed by atoms with E-state index < -0.39 is 0 Å². The Morgan fingerprint density at radius 3 is 2.61 bits per heavy atom. The largest absolute Gasteiger partial charge is 0.381 e. The zero-order valence-corrected chi connectivity index (χ0v) is 10.9. The molecule has 0 fully saturated rings. The average Bonchev–Trinajstić information content (AvgIpc) is 2.42. The molecular formula is C14H22N2O2. The number of ether oxygens (including phenoxy) is 1. The fourth-order valence-corrected chi connectivity index (χ4v) is 1.52. The Balaban J connectivity index is 2.23. The molecule has 0 aliphatic rings. The molecule has 0 unspecified atom stereocenters. The molecular weight excluding hydrogens is 228 g/mol. The second-order valence-electron chi connectivity index (χ2n) is 4.12. The van der Waals surface area contributed by atoms with Gasteiger partial charge in [-0.05, 0) is 30.5 Å². The first-order valence-electron chi connectivity index (χ1n) is 6.43. The van der Waals surface area contributed by atoms with Gasteiger partial charge in [0.1, 0.15) is 0 Å². The highest BCUT2D eigenvalue weighted by Crippen LogP contribution is 2.03. The summed E-state index contributed by atoms with van der Waals surface area (Å²) < 4.78 is 5.34. The molecule has 0 heterocycles. The van der Waals surface area contributed by atoms with Crippen molar-refractivity contribution in [1.29, 1.82) is 0 Å². The number of amides is 1. The lowest BCUT2D eigenvalue weighted by atomic mass is 10.1. The van der Waals surface area contributed by atoms with Crippen LogP contribution in [0.25, 0.3) is 0 Å². The number of carbonyl (C=O) groups excluding carboxylic acids is 1. The smallest absolute Gasteiger partial charge is 0.251 e. The number of carbonyl (C=O) groups is 1. The van der Waals surface area contributed by atoms with Crippen molar-refractivity contribution in [3.8, 4) is 0 Å².